The minimum absolute atomic E-state index is 0.115. The summed E-state index contributed by atoms with van der Waals surface area (Å²) in [4.78, 5) is 21.8. The lowest BCUT2D eigenvalue weighted by molar-refractivity contribution is -0.127. The Morgan fingerprint density at radius 3 is 2.58 bits per heavy atom. The molecular weight excluding hydrogens is 408 g/mol. The third-order valence-corrected chi connectivity index (χ3v) is 7.73. The van der Waals surface area contributed by atoms with Gasteiger partial charge in [0.2, 0.25) is 5.91 Å². The van der Waals surface area contributed by atoms with Crippen molar-refractivity contribution in [1.82, 2.24) is 19.4 Å². The molecule has 4 rings (SSSR count). The number of hydrogen-bond donors (Lipinski definition) is 0. The zero-order valence-corrected chi connectivity index (χ0v) is 20.7. The molecule has 0 N–H and O–H groups in total. The highest BCUT2D eigenvalue weighted by atomic mass is 16.2. The van der Waals surface area contributed by atoms with Crippen molar-refractivity contribution in [1.29, 1.82) is 0 Å². The van der Waals surface area contributed by atoms with Crippen LogP contribution in [0.4, 0.5) is 0 Å². The van der Waals surface area contributed by atoms with E-state index in [-0.39, 0.29) is 5.91 Å². The Bertz CT molecular complexity index is 934. The molecule has 1 amide bonds. The van der Waals surface area contributed by atoms with E-state index >= 15 is 0 Å². The molecule has 5 nitrogen and oxygen atoms in total. The van der Waals surface area contributed by atoms with Gasteiger partial charge in [-0.25, -0.2) is 0 Å². The van der Waals surface area contributed by atoms with Gasteiger partial charge < -0.3 is 14.4 Å². The first kappa shape index (κ1) is 23.7. The van der Waals surface area contributed by atoms with E-state index in [0.717, 1.165) is 44.6 Å². The summed E-state index contributed by atoms with van der Waals surface area (Å²) >= 11 is 0. The number of amides is 1. The first-order chi connectivity index (χ1) is 16.0. The van der Waals surface area contributed by atoms with Crippen molar-refractivity contribution < 1.29 is 4.79 Å². The molecule has 3 heterocycles. The van der Waals surface area contributed by atoms with Gasteiger partial charge in [0.05, 0.1) is 0 Å². The third kappa shape index (κ3) is 5.94. The van der Waals surface area contributed by atoms with Gasteiger partial charge in [-0.2, -0.15) is 0 Å². The highest BCUT2D eigenvalue weighted by molar-refractivity contribution is 5.92. The molecule has 2 aromatic rings. The fraction of sp³-hybridized carbons (Fsp3) is 0.571. The lowest BCUT2D eigenvalue weighted by Gasteiger charge is -2.36. The van der Waals surface area contributed by atoms with E-state index in [1.54, 1.807) is 6.08 Å². The second kappa shape index (κ2) is 11.1. The highest BCUT2D eigenvalue weighted by Crippen LogP contribution is 2.32. The third-order valence-electron chi connectivity index (χ3n) is 7.73. The number of piperidine rings is 1. The van der Waals surface area contributed by atoms with Crippen LogP contribution in [0, 0.1) is 13.8 Å². The molecule has 2 aromatic heterocycles. The standard InChI is InChI=1S/C28H40N4O/c1-22-21-24(23(2)32(22)27-10-5-4-6-11-27)12-13-28(33)30(3)26-15-19-31(20-16-26)18-14-25-9-7-8-17-29-25/h7-9,12-13,17,21,26-27H,4-6,10-11,14-16,18-20H2,1-3H3/b13-12+. The topological polar surface area (TPSA) is 41.4 Å². The van der Waals surface area contributed by atoms with Crippen LogP contribution in [0.25, 0.3) is 6.08 Å². The number of nitrogens with zero attached hydrogens (tertiary/aromatic N) is 4. The largest absolute Gasteiger partial charge is 0.346 e. The van der Waals surface area contributed by atoms with Gasteiger partial charge in [-0.05, 0) is 69.4 Å². The number of likely N-dealkylation sites (N-methyl/N-ethyl adjacent to an activating group) is 1. The van der Waals surface area contributed by atoms with Crippen molar-refractivity contribution in [2.45, 2.75) is 77.3 Å². The SMILES string of the molecule is Cc1cc(/C=C/C(=O)N(C)C2CCN(CCc3ccccn3)CC2)c(C)n1C1CCCCC1. The van der Waals surface area contributed by atoms with Gasteiger partial charge in [0.15, 0.2) is 0 Å². The van der Waals surface area contributed by atoms with Crippen LogP contribution >= 0.6 is 0 Å². The quantitative estimate of drug-likeness (QED) is 0.548. The number of likely N-dealkylation sites (tertiary alicyclic amines) is 1. The molecule has 1 aliphatic heterocycles. The van der Waals surface area contributed by atoms with Gasteiger partial charge in [-0.15, -0.1) is 0 Å². The van der Waals surface area contributed by atoms with Gasteiger partial charge in [0, 0.05) is 74.5 Å². The number of pyridine rings is 1. The fourth-order valence-corrected chi connectivity index (χ4v) is 5.68. The van der Waals surface area contributed by atoms with Crippen molar-refractivity contribution in [3.63, 3.8) is 0 Å². The van der Waals surface area contributed by atoms with E-state index in [1.807, 2.05) is 30.3 Å². The van der Waals surface area contributed by atoms with Gasteiger partial charge in [-0.1, -0.05) is 25.3 Å². The molecule has 0 aromatic carbocycles. The summed E-state index contributed by atoms with van der Waals surface area (Å²) in [6.07, 6.45) is 15.3. The maximum atomic E-state index is 12.9. The van der Waals surface area contributed by atoms with Gasteiger partial charge in [0.1, 0.15) is 0 Å². The maximum Gasteiger partial charge on any atom is 0.246 e. The molecule has 1 saturated carbocycles. The Morgan fingerprint density at radius 1 is 1.12 bits per heavy atom. The van der Waals surface area contributed by atoms with Crippen LogP contribution in [0.1, 0.15) is 73.6 Å². The monoisotopic (exact) mass is 448 g/mol. The molecule has 0 spiro atoms. The molecule has 1 aliphatic carbocycles. The Kier molecular flexibility index (Phi) is 8.02. The summed E-state index contributed by atoms with van der Waals surface area (Å²) in [5.74, 6) is 0.115. The zero-order valence-electron chi connectivity index (χ0n) is 20.7. The average Bonchev–Trinajstić information content (AvgIpc) is 3.15. The van der Waals surface area contributed by atoms with Crippen LogP contribution in [0.2, 0.25) is 0 Å². The van der Waals surface area contributed by atoms with E-state index in [2.05, 4.69) is 46.5 Å². The van der Waals surface area contributed by atoms with Crippen LogP contribution in [0.15, 0.2) is 36.5 Å². The van der Waals surface area contributed by atoms with Crippen LogP contribution < -0.4 is 0 Å². The van der Waals surface area contributed by atoms with E-state index in [0.29, 0.717) is 12.1 Å². The summed E-state index contributed by atoms with van der Waals surface area (Å²) in [7, 11) is 1.96. The predicted molar refractivity (Wildman–Crippen MR) is 135 cm³/mol. The van der Waals surface area contributed by atoms with E-state index in [1.165, 1.54) is 49.1 Å². The molecule has 2 fully saturated rings. The van der Waals surface area contributed by atoms with Gasteiger partial charge >= 0.3 is 0 Å². The number of hydrogen-bond acceptors (Lipinski definition) is 3. The van der Waals surface area contributed by atoms with E-state index < -0.39 is 0 Å². The highest BCUT2D eigenvalue weighted by Gasteiger charge is 2.24. The first-order valence-electron chi connectivity index (χ1n) is 12.8. The van der Waals surface area contributed by atoms with Gasteiger partial charge in [0.25, 0.3) is 0 Å². The maximum absolute atomic E-state index is 12.9. The number of aromatic nitrogens is 2. The Labute approximate surface area is 199 Å². The number of aryl methyl sites for hydroxylation is 1. The second-order valence-corrected chi connectivity index (χ2v) is 9.91. The Balaban J connectivity index is 1.28. The van der Waals surface area contributed by atoms with Crippen LogP contribution in [0.3, 0.4) is 0 Å². The van der Waals surface area contributed by atoms with Crippen LogP contribution in [0.5, 0.6) is 0 Å². The molecule has 0 bridgehead atoms. The summed E-state index contributed by atoms with van der Waals surface area (Å²) in [6, 6.07) is 9.30. The van der Waals surface area contributed by atoms with Crippen LogP contribution in [-0.2, 0) is 11.2 Å². The minimum Gasteiger partial charge on any atom is -0.346 e. The summed E-state index contributed by atoms with van der Waals surface area (Å²) in [6.45, 7) is 7.53. The lowest BCUT2D eigenvalue weighted by Crippen LogP contribution is -2.45. The Morgan fingerprint density at radius 2 is 1.88 bits per heavy atom. The van der Waals surface area contributed by atoms with Gasteiger partial charge in [-0.3, -0.25) is 9.78 Å². The molecule has 0 radical (unpaired) electrons. The summed E-state index contributed by atoms with van der Waals surface area (Å²) in [5.41, 5.74) is 4.95. The zero-order chi connectivity index (χ0) is 23.2. The number of carbonyl (C=O) groups is 1. The smallest absolute Gasteiger partial charge is 0.246 e. The second-order valence-electron chi connectivity index (χ2n) is 9.91. The minimum atomic E-state index is 0.115. The van der Waals surface area contributed by atoms with Crippen molar-refractivity contribution in [2.75, 3.05) is 26.7 Å². The first-order valence-corrected chi connectivity index (χ1v) is 12.8. The molecule has 2 aliphatic rings. The molecule has 0 unspecified atom stereocenters. The molecule has 178 valence electrons. The molecular formula is C28H40N4O. The fourth-order valence-electron chi connectivity index (χ4n) is 5.68. The number of carbonyl (C=O) groups excluding carboxylic acids is 1. The van der Waals surface area contributed by atoms with Crippen molar-refractivity contribution in [3.8, 4) is 0 Å². The normalized spacial score (nSPS) is 18.8. The summed E-state index contributed by atoms with van der Waals surface area (Å²) in [5, 5.41) is 0. The van der Waals surface area contributed by atoms with Crippen molar-refractivity contribution in [3.05, 3.63) is 59.2 Å². The predicted octanol–water partition coefficient (Wildman–Crippen LogP) is 5.18. The lowest BCUT2D eigenvalue weighted by atomic mass is 9.95. The molecule has 1 saturated heterocycles. The van der Waals surface area contributed by atoms with E-state index in [9.17, 15) is 4.79 Å². The van der Waals surface area contributed by atoms with E-state index in [4.69, 9.17) is 0 Å². The number of rotatable bonds is 7. The average molecular weight is 449 g/mol. The summed E-state index contributed by atoms with van der Waals surface area (Å²) < 4.78 is 2.51. The molecule has 5 heteroatoms. The van der Waals surface area contributed by atoms with Crippen molar-refractivity contribution in [2.24, 2.45) is 0 Å². The van der Waals surface area contributed by atoms with Crippen LogP contribution in [-0.4, -0.2) is 58.0 Å². The Hall–Kier alpha value is -2.40. The molecule has 0 atom stereocenters. The molecule has 33 heavy (non-hydrogen) atoms. The van der Waals surface area contributed by atoms with Crippen molar-refractivity contribution >= 4 is 12.0 Å².